The summed E-state index contributed by atoms with van der Waals surface area (Å²) in [5, 5.41) is 7.76. The van der Waals surface area contributed by atoms with E-state index in [-0.39, 0.29) is 0 Å². The zero-order valence-corrected chi connectivity index (χ0v) is 31.7. The maximum absolute atomic E-state index is 2.37. The zero-order valence-electron chi connectivity index (χ0n) is 31.7. The van der Waals surface area contributed by atoms with Crippen molar-refractivity contribution in [3.63, 3.8) is 0 Å². The second-order valence-electron chi connectivity index (χ2n) is 14.7. The molecule has 0 N–H and O–H groups in total. The van der Waals surface area contributed by atoms with E-state index in [1.54, 1.807) is 0 Å². The normalized spacial score (nSPS) is 11.3. The molecule has 266 valence electrons. The highest BCUT2D eigenvalue weighted by atomic mass is 15.1. The lowest BCUT2D eigenvalue weighted by atomic mass is 9.91. The van der Waals surface area contributed by atoms with E-state index in [1.165, 1.54) is 77.1 Å². The minimum absolute atomic E-state index is 1.11. The molecular weight excluding hydrogens is 667 g/mol. The SMILES string of the molecule is CN(C)c1ccc(N(c2ccc(N(C)C)cc2)c2cccc(-c3cccc(-c4cccc(-c5ccc6c7ccccc7c7ccccc7c6c5)c4)c3)c2)cc1. The summed E-state index contributed by atoms with van der Waals surface area (Å²) in [6.07, 6.45) is 0. The predicted molar refractivity (Wildman–Crippen MR) is 239 cm³/mol. The lowest BCUT2D eigenvalue weighted by Crippen LogP contribution is -2.12. The molecule has 0 heterocycles. The molecule has 0 aromatic heterocycles. The number of benzene rings is 9. The predicted octanol–water partition coefficient (Wildman–Crippen LogP) is 13.7. The number of anilines is 5. The molecule has 9 aromatic rings. The van der Waals surface area contributed by atoms with Crippen molar-refractivity contribution < 1.29 is 0 Å². The molecule has 9 aromatic carbocycles. The molecule has 0 bridgehead atoms. The molecule has 0 aliphatic rings. The topological polar surface area (TPSA) is 9.72 Å². The van der Waals surface area contributed by atoms with Gasteiger partial charge < -0.3 is 14.7 Å². The van der Waals surface area contributed by atoms with Gasteiger partial charge in [-0.05, 0) is 145 Å². The smallest absolute Gasteiger partial charge is 0.0467 e. The molecule has 0 saturated heterocycles. The molecule has 55 heavy (non-hydrogen) atoms. The molecule has 0 unspecified atom stereocenters. The highest BCUT2D eigenvalue weighted by Gasteiger charge is 2.15. The molecule has 9 rings (SSSR count). The van der Waals surface area contributed by atoms with Gasteiger partial charge in [0.15, 0.2) is 0 Å². The third-order valence-electron chi connectivity index (χ3n) is 10.8. The second kappa shape index (κ2) is 14.2. The van der Waals surface area contributed by atoms with Crippen LogP contribution in [0.15, 0.2) is 188 Å². The summed E-state index contributed by atoms with van der Waals surface area (Å²) in [5.41, 5.74) is 12.8. The van der Waals surface area contributed by atoms with Crippen LogP contribution in [0.4, 0.5) is 28.4 Å². The summed E-state index contributed by atoms with van der Waals surface area (Å²) in [6.45, 7) is 0. The first-order chi connectivity index (χ1) is 26.9. The van der Waals surface area contributed by atoms with E-state index in [4.69, 9.17) is 0 Å². The first-order valence-corrected chi connectivity index (χ1v) is 18.9. The number of nitrogens with zero attached hydrogens (tertiary/aromatic N) is 3. The number of hydrogen-bond acceptors (Lipinski definition) is 3. The van der Waals surface area contributed by atoms with Crippen LogP contribution in [-0.2, 0) is 0 Å². The lowest BCUT2D eigenvalue weighted by Gasteiger charge is -2.27. The second-order valence-corrected chi connectivity index (χ2v) is 14.7. The van der Waals surface area contributed by atoms with Crippen molar-refractivity contribution in [2.45, 2.75) is 0 Å². The van der Waals surface area contributed by atoms with Crippen molar-refractivity contribution in [2.75, 3.05) is 42.9 Å². The number of hydrogen-bond donors (Lipinski definition) is 0. The summed E-state index contributed by atoms with van der Waals surface area (Å²) in [7, 11) is 8.31. The highest BCUT2D eigenvalue weighted by molar-refractivity contribution is 6.25. The van der Waals surface area contributed by atoms with E-state index in [2.05, 4.69) is 231 Å². The fraction of sp³-hybridized carbons (Fsp3) is 0.0769. The summed E-state index contributed by atoms with van der Waals surface area (Å²) >= 11 is 0. The number of rotatable bonds is 8. The van der Waals surface area contributed by atoms with Gasteiger partial charge in [0.05, 0.1) is 0 Å². The fourth-order valence-electron chi connectivity index (χ4n) is 7.92. The Morgan fingerprint density at radius 2 is 0.582 bits per heavy atom. The molecule has 0 radical (unpaired) electrons. The Labute approximate surface area is 324 Å². The van der Waals surface area contributed by atoms with Crippen molar-refractivity contribution in [3.05, 3.63) is 188 Å². The molecule has 0 atom stereocenters. The van der Waals surface area contributed by atoms with Crippen LogP contribution in [0.5, 0.6) is 0 Å². The van der Waals surface area contributed by atoms with Gasteiger partial charge in [-0.25, -0.2) is 0 Å². The van der Waals surface area contributed by atoms with Crippen LogP contribution < -0.4 is 14.7 Å². The highest BCUT2D eigenvalue weighted by Crippen LogP contribution is 2.40. The van der Waals surface area contributed by atoms with Gasteiger partial charge in [-0.3, -0.25) is 0 Å². The van der Waals surface area contributed by atoms with Crippen LogP contribution in [0.3, 0.4) is 0 Å². The van der Waals surface area contributed by atoms with Gasteiger partial charge in [0, 0.05) is 56.6 Å². The monoisotopic (exact) mass is 709 g/mol. The fourth-order valence-corrected chi connectivity index (χ4v) is 7.92. The Kier molecular flexibility index (Phi) is 8.76. The molecule has 0 spiro atoms. The first kappa shape index (κ1) is 34.0. The average Bonchev–Trinajstić information content (AvgIpc) is 3.24. The van der Waals surface area contributed by atoms with E-state index in [0.717, 1.165) is 17.1 Å². The van der Waals surface area contributed by atoms with Crippen LogP contribution in [0.1, 0.15) is 0 Å². The molecular formula is C52H43N3. The minimum atomic E-state index is 1.11. The van der Waals surface area contributed by atoms with Gasteiger partial charge in [-0.1, -0.05) is 109 Å². The number of fused-ring (bicyclic) bond motifs is 6. The summed E-state index contributed by atoms with van der Waals surface area (Å²) in [5.74, 6) is 0. The minimum Gasteiger partial charge on any atom is -0.378 e. The van der Waals surface area contributed by atoms with Gasteiger partial charge in [0.2, 0.25) is 0 Å². The van der Waals surface area contributed by atoms with E-state index < -0.39 is 0 Å². The quantitative estimate of drug-likeness (QED) is 0.145. The standard InChI is InChI=1S/C52H43N3/c1-53(2)42-23-27-44(28-24-42)55(45-29-25-43(26-30-45)54(3)4)46-17-11-16-40(34-46)38-14-9-12-36(32-38)37-13-10-15-39(33-37)41-22-31-51-49-20-6-5-18-47(49)48-19-7-8-21-50(48)52(51)35-41/h5-35H,1-4H3. The maximum atomic E-state index is 2.37. The maximum Gasteiger partial charge on any atom is 0.0467 e. The van der Waals surface area contributed by atoms with Gasteiger partial charge in [-0.2, -0.15) is 0 Å². The molecule has 0 saturated carbocycles. The average molecular weight is 710 g/mol. The molecule has 3 nitrogen and oxygen atoms in total. The third-order valence-corrected chi connectivity index (χ3v) is 10.8. The summed E-state index contributed by atoms with van der Waals surface area (Å²) in [6, 6.07) is 68.8. The molecule has 0 aliphatic carbocycles. The van der Waals surface area contributed by atoms with Crippen LogP contribution >= 0.6 is 0 Å². The van der Waals surface area contributed by atoms with Crippen molar-refractivity contribution in [1.29, 1.82) is 0 Å². The van der Waals surface area contributed by atoms with Crippen molar-refractivity contribution in [3.8, 4) is 33.4 Å². The Balaban J connectivity index is 1.08. The van der Waals surface area contributed by atoms with Crippen molar-refractivity contribution in [2.24, 2.45) is 0 Å². The van der Waals surface area contributed by atoms with E-state index in [1.807, 2.05) is 0 Å². The van der Waals surface area contributed by atoms with Crippen LogP contribution in [0, 0.1) is 0 Å². The molecule has 3 heteroatoms. The largest absolute Gasteiger partial charge is 0.378 e. The zero-order chi connectivity index (χ0) is 37.5. The van der Waals surface area contributed by atoms with Crippen LogP contribution in [0.2, 0.25) is 0 Å². The molecule has 0 fully saturated rings. The Bertz CT molecular complexity index is 2730. The molecule has 0 aliphatic heterocycles. The Morgan fingerprint density at radius 1 is 0.236 bits per heavy atom. The van der Waals surface area contributed by atoms with Gasteiger partial charge >= 0.3 is 0 Å². The van der Waals surface area contributed by atoms with E-state index in [9.17, 15) is 0 Å². The van der Waals surface area contributed by atoms with Gasteiger partial charge in [0.25, 0.3) is 0 Å². The summed E-state index contributed by atoms with van der Waals surface area (Å²) in [4.78, 5) is 6.61. The van der Waals surface area contributed by atoms with Crippen molar-refractivity contribution in [1.82, 2.24) is 0 Å². The van der Waals surface area contributed by atoms with E-state index in [0.29, 0.717) is 0 Å². The van der Waals surface area contributed by atoms with Gasteiger partial charge in [-0.15, -0.1) is 0 Å². The summed E-state index contributed by atoms with van der Waals surface area (Å²) < 4.78 is 0. The third kappa shape index (κ3) is 6.45. The van der Waals surface area contributed by atoms with Gasteiger partial charge in [0.1, 0.15) is 0 Å². The van der Waals surface area contributed by atoms with Crippen molar-refractivity contribution >= 4 is 60.8 Å². The Morgan fingerprint density at radius 3 is 1.02 bits per heavy atom. The Hall–Kier alpha value is -6.84. The first-order valence-electron chi connectivity index (χ1n) is 18.9. The molecule has 0 amide bonds. The lowest BCUT2D eigenvalue weighted by molar-refractivity contribution is 1.13. The van der Waals surface area contributed by atoms with Crippen LogP contribution in [-0.4, -0.2) is 28.2 Å². The van der Waals surface area contributed by atoms with Crippen LogP contribution in [0.25, 0.3) is 65.7 Å². The van der Waals surface area contributed by atoms with E-state index >= 15 is 0 Å².